The van der Waals surface area contributed by atoms with Crippen LogP contribution in [0.3, 0.4) is 0 Å². The van der Waals surface area contributed by atoms with Gasteiger partial charge in [-0.1, -0.05) is 27.7 Å². The maximum absolute atomic E-state index is 13.9. The molecule has 0 spiro atoms. The van der Waals surface area contributed by atoms with Crippen LogP contribution >= 0.6 is 0 Å². The van der Waals surface area contributed by atoms with Crippen LogP contribution in [-0.2, 0) is 6.42 Å². The van der Waals surface area contributed by atoms with Crippen molar-refractivity contribution < 1.29 is 23.5 Å². The fourth-order valence-electron chi connectivity index (χ4n) is 5.21. The lowest BCUT2D eigenvalue weighted by Crippen LogP contribution is -2.50. The number of amides is 2. The quantitative estimate of drug-likeness (QED) is 0.277. The van der Waals surface area contributed by atoms with E-state index in [1.165, 1.54) is 12.1 Å². The van der Waals surface area contributed by atoms with Crippen molar-refractivity contribution in [1.82, 2.24) is 20.4 Å². The number of carbonyl (C=O) groups excluding carboxylic acids is 2. The van der Waals surface area contributed by atoms with Gasteiger partial charge in [0.1, 0.15) is 11.6 Å². The minimum Gasteiger partial charge on any atom is -0.390 e. The molecule has 7 nitrogen and oxygen atoms in total. The van der Waals surface area contributed by atoms with E-state index in [4.69, 9.17) is 0 Å². The molecule has 0 saturated carbocycles. The summed E-state index contributed by atoms with van der Waals surface area (Å²) in [5, 5.41) is 17.3. The molecule has 41 heavy (non-hydrogen) atoms. The maximum Gasteiger partial charge on any atom is 0.253 e. The molecule has 2 rings (SSSR count). The van der Waals surface area contributed by atoms with Gasteiger partial charge in [-0.25, -0.2) is 8.78 Å². The van der Waals surface area contributed by atoms with Crippen LogP contribution in [0.15, 0.2) is 36.4 Å². The Labute approximate surface area is 244 Å². The molecule has 2 amide bonds. The summed E-state index contributed by atoms with van der Waals surface area (Å²) in [6.07, 6.45) is 0.621. The van der Waals surface area contributed by atoms with E-state index in [2.05, 4.69) is 29.4 Å². The molecule has 2 atom stereocenters. The Kier molecular flexibility index (Phi) is 13.3. The van der Waals surface area contributed by atoms with Gasteiger partial charge in [0, 0.05) is 49.9 Å². The van der Waals surface area contributed by atoms with E-state index in [0.717, 1.165) is 31.0 Å². The normalized spacial score (nSPS) is 13.2. The Hall–Kier alpha value is -2.88. The molecule has 0 fully saturated rings. The molecule has 0 aliphatic rings. The number of rotatable bonds is 16. The number of aliphatic hydroxyl groups is 1. The largest absolute Gasteiger partial charge is 0.390 e. The molecule has 2 aromatic carbocycles. The monoisotopic (exact) mass is 574 g/mol. The number of aliphatic hydroxyl groups excluding tert-OH is 1. The second-order valence-electron chi connectivity index (χ2n) is 12.0. The highest BCUT2D eigenvalue weighted by Gasteiger charge is 2.26. The Balaban J connectivity index is 2.28. The van der Waals surface area contributed by atoms with Crippen molar-refractivity contribution in [3.63, 3.8) is 0 Å². The second kappa shape index (κ2) is 15.9. The Morgan fingerprint density at radius 3 is 2.10 bits per heavy atom. The van der Waals surface area contributed by atoms with Gasteiger partial charge >= 0.3 is 0 Å². The average molecular weight is 575 g/mol. The van der Waals surface area contributed by atoms with Crippen LogP contribution in [0, 0.1) is 24.0 Å². The summed E-state index contributed by atoms with van der Waals surface area (Å²) in [7, 11) is 3.99. The van der Waals surface area contributed by atoms with E-state index in [1.807, 2.05) is 34.9 Å². The lowest BCUT2D eigenvalue weighted by atomic mass is 9.92. The van der Waals surface area contributed by atoms with E-state index >= 15 is 0 Å². The molecule has 0 unspecified atom stereocenters. The molecule has 2 aromatic rings. The van der Waals surface area contributed by atoms with Gasteiger partial charge in [0.25, 0.3) is 11.8 Å². The van der Waals surface area contributed by atoms with Crippen LogP contribution < -0.4 is 10.6 Å². The van der Waals surface area contributed by atoms with E-state index in [1.54, 1.807) is 23.1 Å². The Morgan fingerprint density at radius 1 is 0.951 bits per heavy atom. The number of aryl methyl sites for hydroxylation is 1. The van der Waals surface area contributed by atoms with Crippen LogP contribution in [0.4, 0.5) is 8.78 Å². The summed E-state index contributed by atoms with van der Waals surface area (Å²) < 4.78 is 27.9. The minimum atomic E-state index is -1.05. The van der Waals surface area contributed by atoms with Gasteiger partial charge in [0.05, 0.1) is 12.1 Å². The summed E-state index contributed by atoms with van der Waals surface area (Å²) in [6, 6.07) is 7.35. The number of carbonyl (C=O) groups is 2. The zero-order valence-electron chi connectivity index (χ0n) is 25.7. The standard InChI is InChI=1S/C32H48F2N4O3/c1-8-10-38(11-9-2)31(41)25-13-22(3)12-24(17-25)30(40)36-28(16-23-14-26(33)18-27(34)15-23)29(39)19-35-20-32(4,5)21-37(6)7/h12-15,17-18,28-29,35,39H,8-11,16,19-21H2,1-7H3,(H,36,40)/t28-,29+/m0/s1. The third-order valence-corrected chi connectivity index (χ3v) is 6.72. The molecule has 9 heteroatoms. The van der Waals surface area contributed by atoms with E-state index in [-0.39, 0.29) is 29.9 Å². The number of hydrogen-bond donors (Lipinski definition) is 3. The van der Waals surface area contributed by atoms with Crippen molar-refractivity contribution in [2.45, 2.75) is 66.0 Å². The summed E-state index contributed by atoms with van der Waals surface area (Å²) in [5.74, 6) is -2.07. The third kappa shape index (κ3) is 11.5. The highest BCUT2D eigenvalue weighted by molar-refractivity contribution is 6.00. The zero-order valence-corrected chi connectivity index (χ0v) is 25.7. The average Bonchev–Trinajstić information content (AvgIpc) is 2.85. The van der Waals surface area contributed by atoms with Crippen LogP contribution in [0.2, 0.25) is 0 Å². The summed E-state index contributed by atoms with van der Waals surface area (Å²) >= 11 is 0. The van der Waals surface area contributed by atoms with Crippen LogP contribution in [0.5, 0.6) is 0 Å². The van der Waals surface area contributed by atoms with Crippen molar-refractivity contribution in [2.75, 3.05) is 46.8 Å². The minimum absolute atomic E-state index is 0.0166. The van der Waals surface area contributed by atoms with Gasteiger partial charge in [-0.15, -0.1) is 0 Å². The van der Waals surface area contributed by atoms with E-state index in [0.29, 0.717) is 30.8 Å². The highest BCUT2D eigenvalue weighted by Crippen LogP contribution is 2.17. The van der Waals surface area contributed by atoms with Crippen molar-refractivity contribution in [3.8, 4) is 0 Å². The summed E-state index contributed by atoms with van der Waals surface area (Å²) in [6.45, 7) is 12.9. The molecular weight excluding hydrogens is 526 g/mol. The number of nitrogens with zero attached hydrogens (tertiary/aromatic N) is 2. The van der Waals surface area contributed by atoms with Crippen molar-refractivity contribution >= 4 is 11.8 Å². The predicted octanol–water partition coefficient (Wildman–Crippen LogP) is 4.41. The van der Waals surface area contributed by atoms with Gasteiger partial charge in [0.15, 0.2) is 0 Å². The van der Waals surface area contributed by atoms with Gasteiger partial charge in [-0.05, 0) is 87.2 Å². The fraction of sp³-hybridized carbons (Fsp3) is 0.562. The van der Waals surface area contributed by atoms with Crippen LogP contribution in [0.25, 0.3) is 0 Å². The topological polar surface area (TPSA) is 84.9 Å². The molecule has 0 aliphatic heterocycles. The van der Waals surface area contributed by atoms with Gasteiger partial charge in [-0.3, -0.25) is 9.59 Å². The first-order valence-electron chi connectivity index (χ1n) is 14.4. The van der Waals surface area contributed by atoms with Gasteiger partial charge < -0.3 is 25.5 Å². The first-order valence-corrected chi connectivity index (χ1v) is 14.4. The maximum atomic E-state index is 13.9. The van der Waals surface area contributed by atoms with Crippen LogP contribution in [-0.4, -0.2) is 85.7 Å². The first kappa shape index (κ1) is 34.3. The molecule has 3 N–H and O–H groups in total. The molecule has 0 saturated heterocycles. The third-order valence-electron chi connectivity index (χ3n) is 6.72. The van der Waals surface area contributed by atoms with Crippen molar-refractivity contribution in [2.24, 2.45) is 5.41 Å². The summed E-state index contributed by atoms with van der Waals surface area (Å²) in [5.41, 5.74) is 1.70. The molecule has 0 aliphatic carbocycles. The first-order chi connectivity index (χ1) is 19.2. The number of nitrogens with one attached hydrogen (secondary N) is 2. The fourth-order valence-corrected chi connectivity index (χ4v) is 5.21. The molecule has 0 radical (unpaired) electrons. The molecule has 0 heterocycles. The van der Waals surface area contributed by atoms with E-state index in [9.17, 15) is 23.5 Å². The number of hydrogen-bond acceptors (Lipinski definition) is 5. The second-order valence-corrected chi connectivity index (χ2v) is 12.0. The number of benzene rings is 2. The smallest absolute Gasteiger partial charge is 0.253 e. The SMILES string of the molecule is CCCN(CCC)C(=O)c1cc(C)cc(C(=O)N[C@@H](Cc2cc(F)cc(F)c2)[C@H](O)CNCC(C)(C)CN(C)C)c1. The van der Waals surface area contributed by atoms with Crippen molar-refractivity contribution in [1.29, 1.82) is 0 Å². The highest BCUT2D eigenvalue weighted by atomic mass is 19.1. The van der Waals surface area contributed by atoms with Gasteiger partial charge in [0.2, 0.25) is 0 Å². The van der Waals surface area contributed by atoms with Crippen LogP contribution in [0.1, 0.15) is 72.4 Å². The van der Waals surface area contributed by atoms with Gasteiger partial charge in [-0.2, -0.15) is 0 Å². The molecule has 228 valence electrons. The zero-order chi connectivity index (χ0) is 30.7. The molecular formula is C32H48F2N4O3. The van der Waals surface area contributed by atoms with E-state index < -0.39 is 29.7 Å². The Morgan fingerprint density at radius 2 is 1.54 bits per heavy atom. The Bertz CT molecular complexity index is 1130. The number of halogens is 2. The summed E-state index contributed by atoms with van der Waals surface area (Å²) in [4.78, 5) is 30.6. The predicted molar refractivity (Wildman–Crippen MR) is 160 cm³/mol. The molecule has 0 aromatic heterocycles. The lowest BCUT2D eigenvalue weighted by Gasteiger charge is -2.30. The molecule has 0 bridgehead atoms. The lowest BCUT2D eigenvalue weighted by molar-refractivity contribution is 0.0755. The van der Waals surface area contributed by atoms with Crippen molar-refractivity contribution in [3.05, 3.63) is 70.3 Å².